The maximum atomic E-state index is 13.1. The van der Waals surface area contributed by atoms with E-state index >= 15 is 0 Å². The van der Waals surface area contributed by atoms with Crippen molar-refractivity contribution in [2.75, 3.05) is 19.8 Å². The van der Waals surface area contributed by atoms with Crippen molar-refractivity contribution in [2.24, 2.45) is 0 Å². The molecule has 1 aliphatic heterocycles. The summed E-state index contributed by atoms with van der Waals surface area (Å²) in [6.07, 6.45) is 0. The molecule has 2 aromatic rings. The molecule has 1 heterocycles. The van der Waals surface area contributed by atoms with Gasteiger partial charge in [-0.25, -0.2) is 9.18 Å². The fourth-order valence-corrected chi connectivity index (χ4v) is 2.35. The summed E-state index contributed by atoms with van der Waals surface area (Å²) in [5, 5.41) is 11.2. The van der Waals surface area contributed by atoms with E-state index in [0.29, 0.717) is 0 Å². The lowest BCUT2D eigenvalue weighted by molar-refractivity contribution is -0.385. The van der Waals surface area contributed by atoms with E-state index in [2.05, 4.69) is 0 Å². The topological polar surface area (TPSA) is 105 Å². The first kappa shape index (κ1) is 17.3. The number of nitrogens with zero attached hydrogens (tertiary/aromatic N) is 1. The van der Waals surface area contributed by atoms with Gasteiger partial charge in [-0.2, -0.15) is 0 Å². The molecule has 1 aliphatic rings. The van der Waals surface area contributed by atoms with Gasteiger partial charge >= 0.3 is 5.97 Å². The molecule has 0 aliphatic carbocycles. The van der Waals surface area contributed by atoms with E-state index in [4.69, 9.17) is 14.2 Å². The fraction of sp³-hybridized carbons (Fsp3) is 0.176. The monoisotopic (exact) mass is 361 g/mol. The van der Waals surface area contributed by atoms with Gasteiger partial charge in [-0.3, -0.25) is 14.9 Å². The third-order valence-corrected chi connectivity index (χ3v) is 3.56. The first-order valence-corrected chi connectivity index (χ1v) is 7.49. The molecule has 0 fully saturated rings. The van der Waals surface area contributed by atoms with Crippen LogP contribution in [0.3, 0.4) is 0 Å². The van der Waals surface area contributed by atoms with Crippen molar-refractivity contribution in [3.8, 4) is 11.5 Å². The Bertz CT molecular complexity index is 897. The summed E-state index contributed by atoms with van der Waals surface area (Å²) in [5.41, 5.74) is -0.877. The molecule has 0 radical (unpaired) electrons. The number of Topliss-reactive ketones (excluding diaryl/α,β-unsaturated/α-hetero) is 1. The minimum Gasteiger partial charge on any atom is -0.486 e. The standard InChI is InChI=1S/C17H12FNO7/c18-11-3-1-2-10(6-11)14(20)9-26-17(21)12-7-15-16(25-5-4-24-15)8-13(12)19(22)23/h1-3,6-8H,4-5,9H2. The Morgan fingerprint density at radius 2 is 1.85 bits per heavy atom. The van der Waals surface area contributed by atoms with Crippen LogP contribution in [0.15, 0.2) is 36.4 Å². The van der Waals surface area contributed by atoms with Crippen LogP contribution in [0.1, 0.15) is 20.7 Å². The number of benzene rings is 2. The fourth-order valence-electron chi connectivity index (χ4n) is 2.35. The van der Waals surface area contributed by atoms with E-state index in [1.54, 1.807) is 0 Å². The number of esters is 1. The molecule has 0 N–H and O–H groups in total. The summed E-state index contributed by atoms with van der Waals surface area (Å²) in [6, 6.07) is 7.09. The van der Waals surface area contributed by atoms with Gasteiger partial charge in [-0.15, -0.1) is 0 Å². The van der Waals surface area contributed by atoms with Crippen molar-refractivity contribution in [2.45, 2.75) is 0 Å². The summed E-state index contributed by atoms with van der Waals surface area (Å²) in [7, 11) is 0. The van der Waals surface area contributed by atoms with Crippen molar-refractivity contribution in [1.29, 1.82) is 0 Å². The zero-order chi connectivity index (χ0) is 18.7. The molecule has 2 aromatic carbocycles. The highest BCUT2D eigenvalue weighted by atomic mass is 19.1. The predicted octanol–water partition coefficient (Wildman–Crippen LogP) is 2.54. The number of carbonyl (C=O) groups excluding carboxylic acids is 2. The zero-order valence-corrected chi connectivity index (χ0v) is 13.3. The summed E-state index contributed by atoms with van der Waals surface area (Å²) in [4.78, 5) is 34.6. The van der Waals surface area contributed by atoms with Crippen LogP contribution in [0.25, 0.3) is 0 Å². The van der Waals surface area contributed by atoms with Crippen LogP contribution in [0, 0.1) is 15.9 Å². The Kier molecular flexibility index (Phi) is 4.78. The molecule has 3 rings (SSSR count). The first-order chi connectivity index (χ1) is 12.5. The normalized spacial score (nSPS) is 12.3. The lowest BCUT2D eigenvalue weighted by Crippen LogP contribution is -2.18. The lowest BCUT2D eigenvalue weighted by Gasteiger charge is -2.18. The van der Waals surface area contributed by atoms with E-state index in [-0.39, 0.29) is 35.8 Å². The van der Waals surface area contributed by atoms with Crippen molar-refractivity contribution in [1.82, 2.24) is 0 Å². The number of fused-ring (bicyclic) bond motifs is 1. The smallest absolute Gasteiger partial charge is 0.345 e. The average Bonchev–Trinajstić information content (AvgIpc) is 2.64. The first-order valence-electron chi connectivity index (χ1n) is 7.49. The van der Waals surface area contributed by atoms with Crippen LogP contribution in [-0.4, -0.2) is 36.5 Å². The minimum atomic E-state index is -1.07. The van der Waals surface area contributed by atoms with E-state index in [0.717, 1.165) is 18.2 Å². The zero-order valence-electron chi connectivity index (χ0n) is 13.3. The molecule has 0 saturated heterocycles. The van der Waals surface area contributed by atoms with Gasteiger partial charge in [0.2, 0.25) is 0 Å². The third-order valence-electron chi connectivity index (χ3n) is 3.56. The molecule has 0 aromatic heterocycles. The van der Waals surface area contributed by atoms with Crippen molar-refractivity contribution in [3.63, 3.8) is 0 Å². The highest BCUT2D eigenvalue weighted by Crippen LogP contribution is 2.36. The number of nitro benzene ring substituents is 1. The van der Waals surface area contributed by atoms with Gasteiger partial charge in [0.25, 0.3) is 5.69 Å². The maximum absolute atomic E-state index is 13.1. The van der Waals surface area contributed by atoms with Gasteiger partial charge in [-0.1, -0.05) is 12.1 Å². The molecule has 134 valence electrons. The highest BCUT2D eigenvalue weighted by Gasteiger charge is 2.27. The van der Waals surface area contributed by atoms with Crippen LogP contribution in [0.5, 0.6) is 11.5 Å². The average molecular weight is 361 g/mol. The van der Waals surface area contributed by atoms with Crippen LogP contribution in [-0.2, 0) is 4.74 Å². The number of ether oxygens (including phenoxy) is 3. The molecule has 26 heavy (non-hydrogen) atoms. The summed E-state index contributed by atoms with van der Waals surface area (Å²) in [5.74, 6) is -2.00. The number of ketones is 1. The molecular formula is C17H12FNO7. The number of nitro groups is 1. The van der Waals surface area contributed by atoms with E-state index in [9.17, 15) is 24.1 Å². The number of carbonyl (C=O) groups is 2. The van der Waals surface area contributed by atoms with Crippen molar-refractivity contribution >= 4 is 17.4 Å². The highest BCUT2D eigenvalue weighted by molar-refractivity contribution is 6.00. The molecule has 0 spiro atoms. The second-order valence-electron chi connectivity index (χ2n) is 5.28. The van der Waals surface area contributed by atoms with Gasteiger partial charge in [-0.05, 0) is 12.1 Å². The molecule has 0 amide bonds. The minimum absolute atomic E-state index is 0.0227. The molecule has 0 atom stereocenters. The second kappa shape index (κ2) is 7.18. The van der Waals surface area contributed by atoms with Crippen molar-refractivity contribution in [3.05, 3.63) is 63.5 Å². The molecular weight excluding hydrogens is 349 g/mol. The van der Waals surface area contributed by atoms with Gasteiger partial charge in [0, 0.05) is 11.6 Å². The Morgan fingerprint density at radius 3 is 2.50 bits per heavy atom. The Balaban J connectivity index is 1.79. The van der Waals surface area contributed by atoms with Crippen LogP contribution < -0.4 is 9.47 Å². The largest absolute Gasteiger partial charge is 0.486 e. The maximum Gasteiger partial charge on any atom is 0.345 e. The molecule has 8 nitrogen and oxygen atoms in total. The van der Waals surface area contributed by atoms with Gasteiger partial charge in [0.1, 0.15) is 24.6 Å². The second-order valence-corrected chi connectivity index (χ2v) is 5.28. The van der Waals surface area contributed by atoms with Crippen LogP contribution >= 0.6 is 0 Å². The molecule has 9 heteroatoms. The van der Waals surface area contributed by atoms with Crippen LogP contribution in [0.2, 0.25) is 0 Å². The Hall–Kier alpha value is -3.49. The Morgan fingerprint density at radius 1 is 1.15 bits per heavy atom. The predicted molar refractivity (Wildman–Crippen MR) is 85.1 cm³/mol. The molecule has 0 unspecified atom stereocenters. The van der Waals surface area contributed by atoms with Gasteiger partial charge < -0.3 is 14.2 Å². The van der Waals surface area contributed by atoms with E-state index in [1.165, 1.54) is 18.2 Å². The molecule has 0 bridgehead atoms. The number of rotatable bonds is 5. The summed E-state index contributed by atoms with van der Waals surface area (Å²) in [6.45, 7) is -0.221. The third kappa shape index (κ3) is 3.61. The lowest BCUT2D eigenvalue weighted by atomic mass is 10.1. The SMILES string of the molecule is O=C(COC(=O)c1cc2c(cc1[N+](=O)[O-])OCCO2)c1cccc(F)c1. The summed E-state index contributed by atoms with van der Waals surface area (Å²) >= 11 is 0. The van der Waals surface area contributed by atoms with E-state index in [1.807, 2.05) is 0 Å². The molecule has 0 saturated carbocycles. The van der Waals surface area contributed by atoms with Crippen molar-refractivity contribution < 1.29 is 33.1 Å². The summed E-state index contributed by atoms with van der Waals surface area (Å²) < 4.78 is 28.5. The van der Waals surface area contributed by atoms with Crippen LogP contribution in [0.4, 0.5) is 10.1 Å². The number of halogens is 1. The quantitative estimate of drug-likeness (QED) is 0.349. The number of hydrogen-bond donors (Lipinski definition) is 0. The Labute approximate surface area is 146 Å². The van der Waals surface area contributed by atoms with Gasteiger partial charge in [0.15, 0.2) is 23.9 Å². The van der Waals surface area contributed by atoms with E-state index < -0.39 is 34.8 Å². The number of hydrogen-bond acceptors (Lipinski definition) is 7. The van der Waals surface area contributed by atoms with Gasteiger partial charge in [0.05, 0.1) is 11.0 Å².